The van der Waals surface area contributed by atoms with Crippen LogP contribution in [0.25, 0.3) is 5.57 Å². The second kappa shape index (κ2) is 10.3. The first kappa shape index (κ1) is 22.8. The Labute approximate surface area is 174 Å². The summed E-state index contributed by atoms with van der Waals surface area (Å²) in [5.74, 6) is 1.00. The van der Waals surface area contributed by atoms with Gasteiger partial charge in [-0.1, -0.05) is 18.2 Å². The Bertz CT molecular complexity index is 737. The first-order chi connectivity index (χ1) is 13.7. The zero-order chi connectivity index (χ0) is 21.4. The van der Waals surface area contributed by atoms with E-state index in [1.807, 2.05) is 52.0 Å². The quantitative estimate of drug-likeness (QED) is 0.722. The zero-order valence-electron chi connectivity index (χ0n) is 18.3. The third kappa shape index (κ3) is 7.44. The predicted molar refractivity (Wildman–Crippen MR) is 115 cm³/mol. The summed E-state index contributed by atoms with van der Waals surface area (Å²) in [6, 6.07) is 7.64. The molecule has 1 saturated heterocycles. The van der Waals surface area contributed by atoms with Crippen LogP contribution in [-0.2, 0) is 9.53 Å². The van der Waals surface area contributed by atoms with Crippen molar-refractivity contribution in [1.82, 2.24) is 10.2 Å². The maximum atomic E-state index is 12.3. The van der Waals surface area contributed by atoms with Crippen molar-refractivity contribution in [2.45, 2.75) is 52.6 Å². The summed E-state index contributed by atoms with van der Waals surface area (Å²) in [4.78, 5) is 26.3. The van der Waals surface area contributed by atoms with Crippen LogP contribution in [-0.4, -0.2) is 49.2 Å². The molecule has 1 fully saturated rings. The molecule has 1 atom stereocenters. The van der Waals surface area contributed by atoms with E-state index in [1.165, 1.54) is 0 Å². The van der Waals surface area contributed by atoms with Crippen LogP contribution in [0.5, 0.6) is 5.75 Å². The first-order valence-electron chi connectivity index (χ1n) is 10.3. The third-order valence-corrected chi connectivity index (χ3v) is 4.90. The molecule has 0 aliphatic carbocycles. The van der Waals surface area contributed by atoms with Crippen molar-refractivity contribution in [3.63, 3.8) is 0 Å². The van der Waals surface area contributed by atoms with Gasteiger partial charge in [-0.2, -0.15) is 0 Å². The molecule has 1 N–H and O–H groups in total. The number of nitrogens with one attached hydrogen (secondary N) is 1. The highest BCUT2D eigenvalue weighted by Crippen LogP contribution is 2.25. The highest BCUT2D eigenvalue weighted by molar-refractivity contribution is 5.95. The lowest BCUT2D eigenvalue weighted by atomic mass is 9.95. The standard InChI is InChI=1S/C23H34N2O4/c1-17(19-10-6-7-11-20(19)28-5)15-21(26)24-13-12-18-9-8-14-25(16-18)22(27)29-23(2,3)4/h6-7,10-11,15,18H,8-9,12-14,16H2,1-5H3,(H,24,26). The minimum Gasteiger partial charge on any atom is -0.496 e. The maximum Gasteiger partial charge on any atom is 0.410 e. The van der Waals surface area contributed by atoms with Crippen LogP contribution in [0.3, 0.4) is 0 Å². The van der Waals surface area contributed by atoms with Gasteiger partial charge in [0.15, 0.2) is 0 Å². The Morgan fingerprint density at radius 3 is 2.69 bits per heavy atom. The smallest absolute Gasteiger partial charge is 0.410 e. The van der Waals surface area contributed by atoms with Gasteiger partial charge in [0, 0.05) is 31.3 Å². The number of hydrogen-bond acceptors (Lipinski definition) is 4. The molecule has 0 radical (unpaired) electrons. The second-order valence-corrected chi connectivity index (χ2v) is 8.54. The van der Waals surface area contributed by atoms with Crippen LogP contribution in [0.15, 0.2) is 30.3 Å². The SMILES string of the molecule is COc1ccccc1C(C)=CC(=O)NCCC1CCCN(C(=O)OC(C)(C)C)C1. The molecule has 6 heteroatoms. The highest BCUT2D eigenvalue weighted by atomic mass is 16.6. The van der Waals surface area contributed by atoms with Gasteiger partial charge in [0.1, 0.15) is 11.4 Å². The lowest BCUT2D eigenvalue weighted by Gasteiger charge is -2.34. The fourth-order valence-corrected chi connectivity index (χ4v) is 3.49. The largest absolute Gasteiger partial charge is 0.496 e. The molecule has 0 aromatic heterocycles. The van der Waals surface area contributed by atoms with Crippen LogP contribution < -0.4 is 10.1 Å². The predicted octanol–water partition coefficient (Wildman–Crippen LogP) is 4.25. The van der Waals surface area contributed by atoms with E-state index in [-0.39, 0.29) is 12.0 Å². The van der Waals surface area contributed by atoms with E-state index in [9.17, 15) is 9.59 Å². The fourth-order valence-electron chi connectivity index (χ4n) is 3.49. The average molecular weight is 403 g/mol. The number of methoxy groups -OCH3 is 1. The molecule has 1 aromatic carbocycles. The van der Waals surface area contributed by atoms with Gasteiger partial charge in [-0.25, -0.2) is 4.79 Å². The summed E-state index contributed by atoms with van der Waals surface area (Å²) in [5.41, 5.74) is 1.28. The summed E-state index contributed by atoms with van der Waals surface area (Å²) in [5, 5.41) is 2.96. The Morgan fingerprint density at radius 1 is 1.28 bits per heavy atom. The van der Waals surface area contributed by atoms with Crippen LogP contribution in [0, 0.1) is 5.92 Å². The van der Waals surface area contributed by atoms with Gasteiger partial charge in [-0.15, -0.1) is 0 Å². The topological polar surface area (TPSA) is 67.9 Å². The van der Waals surface area contributed by atoms with Crippen LogP contribution in [0.4, 0.5) is 4.79 Å². The summed E-state index contributed by atoms with van der Waals surface area (Å²) in [7, 11) is 1.62. The van der Waals surface area contributed by atoms with Crippen molar-refractivity contribution in [3.8, 4) is 5.75 Å². The minimum absolute atomic E-state index is 0.117. The van der Waals surface area contributed by atoms with Crippen LogP contribution in [0.2, 0.25) is 0 Å². The van der Waals surface area contributed by atoms with Crippen molar-refractivity contribution in [2.75, 3.05) is 26.7 Å². The van der Waals surface area contributed by atoms with E-state index in [1.54, 1.807) is 18.1 Å². The first-order valence-corrected chi connectivity index (χ1v) is 10.3. The molecule has 2 amide bonds. The molecule has 1 heterocycles. The Hall–Kier alpha value is -2.50. The van der Waals surface area contributed by atoms with Gasteiger partial charge >= 0.3 is 6.09 Å². The number of rotatable bonds is 6. The second-order valence-electron chi connectivity index (χ2n) is 8.54. The molecule has 0 spiro atoms. The molecule has 160 valence electrons. The molecule has 1 aliphatic rings. The number of benzene rings is 1. The van der Waals surface area contributed by atoms with Gasteiger partial charge in [-0.3, -0.25) is 4.79 Å². The number of carbonyl (C=O) groups is 2. The molecular formula is C23H34N2O4. The monoisotopic (exact) mass is 402 g/mol. The molecule has 2 rings (SSSR count). The minimum atomic E-state index is -0.483. The van der Waals surface area contributed by atoms with Gasteiger partial charge in [0.2, 0.25) is 5.91 Å². The number of ether oxygens (including phenoxy) is 2. The summed E-state index contributed by atoms with van der Waals surface area (Å²) >= 11 is 0. The molecule has 0 saturated carbocycles. The lowest BCUT2D eigenvalue weighted by Crippen LogP contribution is -2.43. The molecule has 6 nitrogen and oxygen atoms in total. The number of likely N-dealkylation sites (tertiary alicyclic amines) is 1. The number of hydrogen-bond donors (Lipinski definition) is 1. The number of para-hydroxylation sites is 1. The average Bonchev–Trinajstić information content (AvgIpc) is 2.66. The van der Waals surface area contributed by atoms with E-state index in [0.717, 1.165) is 42.7 Å². The fraction of sp³-hybridized carbons (Fsp3) is 0.565. The highest BCUT2D eigenvalue weighted by Gasteiger charge is 2.27. The summed E-state index contributed by atoms with van der Waals surface area (Å²) in [6.07, 6.45) is 4.22. The van der Waals surface area contributed by atoms with E-state index < -0.39 is 5.60 Å². The molecule has 0 bridgehead atoms. The molecule has 1 aliphatic heterocycles. The van der Waals surface area contributed by atoms with Crippen molar-refractivity contribution in [3.05, 3.63) is 35.9 Å². The maximum absolute atomic E-state index is 12.3. The Balaban J connectivity index is 1.81. The van der Waals surface area contributed by atoms with Crippen molar-refractivity contribution >= 4 is 17.6 Å². The number of nitrogens with zero attached hydrogens (tertiary/aromatic N) is 1. The van der Waals surface area contributed by atoms with Crippen LogP contribution >= 0.6 is 0 Å². The van der Waals surface area contributed by atoms with E-state index in [0.29, 0.717) is 19.0 Å². The molecule has 1 unspecified atom stereocenters. The zero-order valence-corrected chi connectivity index (χ0v) is 18.3. The van der Waals surface area contributed by atoms with Gasteiger partial charge in [-0.05, 0) is 64.5 Å². The van der Waals surface area contributed by atoms with E-state index in [4.69, 9.17) is 9.47 Å². The van der Waals surface area contributed by atoms with Gasteiger partial charge in [0.05, 0.1) is 7.11 Å². The van der Waals surface area contributed by atoms with Crippen molar-refractivity contribution in [2.24, 2.45) is 5.92 Å². The van der Waals surface area contributed by atoms with Crippen molar-refractivity contribution in [1.29, 1.82) is 0 Å². The normalized spacial score (nSPS) is 17.6. The molecule has 1 aromatic rings. The summed E-state index contributed by atoms with van der Waals surface area (Å²) < 4.78 is 10.8. The van der Waals surface area contributed by atoms with E-state index >= 15 is 0 Å². The third-order valence-electron chi connectivity index (χ3n) is 4.90. The van der Waals surface area contributed by atoms with Gasteiger partial charge in [0.25, 0.3) is 0 Å². The number of amides is 2. The number of carbonyl (C=O) groups excluding carboxylic acids is 2. The number of allylic oxidation sites excluding steroid dienone is 1. The molecule has 29 heavy (non-hydrogen) atoms. The van der Waals surface area contributed by atoms with E-state index in [2.05, 4.69) is 5.32 Å². The Kier molecular flexibility index (Phi) is 8.11. The lowest BCUT2D eigenvalue weighted by molar-refractivity contribution is -0.116. The molecular weight excluding hydrogens is 368 g/mol. The Morgan fingerprint density at radius 2 is 2.00 bits per heavy atom. The number of piperidine rings is 1. The van der Waals surface area contributed by atoms with Crippen LogP contribution in [0.1, 0.15) is 52.5 Å². The summed E-state index contributed by atoms with van der Waals surface area (Å²) in [6.45, 7) is 9.53. The van der Waals surface area contributed by atoms with Gasteiger partial charge < -0.3 is 19.7 Å². The van der Waals surface area contributed by atoms with Crippen molar-refractivity contribution < 1.29 is 19.1 Å².